The second-order valence-electron chi connectivity index (χ2n) is 3.49. The number of benzene rings is 1. The second-order valence-corrected chi connectivity index (χ2v) is 4.52. The first kappa shape index (κ1) is 10.1. The minimum absolute atomic E-state index is 0.868. The zero-order valence-electron chi connectivity index (χ0n) is 8.95. The van der Waals surface area contributed by atoms with Crippen LogP contribution in [0.4, 0.5) is 0 Å². The molecule has 0 unspecified atom stereocenters. The van der Waals surface area contributed by atoms with E-state index in [1.54, 1.807) is 29.9 Å². The van der Waals surface area contributed by atoms with Gasteiger partial charge in [-0.3, -0.25) is 9.97 Å². The monoisotopic (exact) mass is 239 g/mol. The zero-order valence-corrected chi connectivity index (χ0v) is 9.76. The van der Waals surface area contributed by atoms with Gasteiger partial charge in [-0.15, -0.1) is 11.3 Å². The van der Waals surface area contributed by atoms with Gasteiger partial charge in [-0.1, -0.05) is 30.3 Å². The highest BCUT2D eigenvalue weighted by Crippen LogP contribution is 2.30. The maximum absolute atomic E-state index is 4.41. The van der Waals surface area contributed by atoms with Crippen LogP contribution in [0.3, 0.4) is 0 Å². The van der Waals surface area contributed by atoms with Gasteiger partial charge in [0.05, 0.1) is 11.1 Å². The van der Waals surface area contributed by atoms with E-state index in [2.05, 4.69) is 27.1 Å². The van der Waals surface area contributed by atoms with Gasteiger partial charge in [0.1, 0.15) is 10.7 Å². The van der Waals surface area contributed by atoms with Gasteiger partial charge in [0, 0.05) is 24.2 Å². The van der Waals surface area contributed by atoms with Crippen LogP contribution in [0.2, 0.25) is 0 Å². The average Bonchev–Trinajstić information content (AvgIpc) is 2.90. The third-order valence-corrected chi connectivity index (χ3v) is 3.41. The van der Waals surface area contributed by atoms with Crippen LogP contribution in [0.5, 0.6) is 0 Å². The summed E-state index contributed by atoms with van der Waals surface area (Å²) in [4.78, 5) is 13.8. The molecule has 17 heavy (non-hydrogen) atoms. The topological polar surface area (TPSA) is 38.7 Å². The maximum Gasteiger partial charge on any atom is 0.123 e. The Morgan fingerprint density at radius 1 is 0.882 bits per heavy atom. The van der Waals surface area contributed by atoms with Gasteiger partial charge in [-0.2, -0.15) is 0 Å². The van der Waals surface area contributed by atoms with E-state index in [0.29, 0.717) is 0 Å². The lowest BCUT2D eigenvalue weighted by Crippen LogP contribution is -1.79. The molecule has 0 atom stereocenters. The maximum atomic E-state index is 4.41. The molecule has 0 radical (unpaired) electrons. The van der Waals surface area contributed by atoms with E-state index in [1.807, 2.05) is 24.4 Å². The molecule has 0 saturated heterocycles. The number of hydrogen-bond acceptors (Lipinski definition) is 4. The van der Waals surface area contributed by atoms with Crippen molar-refractivity contribution in [2.45, 2.75) is 0 Å². The molecule has 0 aliphatic carbocycles. The fraction of sp³-hybridized carbons (Fsp3) is 0. The van der Waals surface area contributed by atoms with Gasteiger partial charge in [-0.25, -0.2) is 4.98 Å². The Labute approximate surface area is 103 Å². The number of nitrogens with zero attached hydrogens (tertiary/aromatic N) is 3. The van der Waals surface area contributed by atoms with E-state index in [9.17, 15) is 0 Å². The van der Waals surface area contributed by atoms with Crippen molar-refractivity contribution in [1.29, 1.82) is 0 Å². The lowest BCUT2D eigenvalue weighted by atomic mass is 10.2. The molecule has 0 amide bonds. The van der Waals surface area contributed by atoms with Gasteiger partial charge in [-0.05, 0) is 0 Å². The van der Waals surface area contributed by atoms with Crippen molar-refractivity contribution in [2.24, 2.45) is 0 Å². The molecule has 3 nitrogen and oxygen atoms in total. The van der Waals surface area contributed by atoms with Gasteiger partial charge >= 0.3 is 0 Å². The zero-order chi connectivity index (χ0) is 11.5. The quantitative estimate of drug-likeness (QED) is 0.689. The Morgan fingerprint density at radius 3 is 2.53 bits per heavy atom. The van der Waals surface area contributed by atoms with Crippen molar-refractivity contribution in [1.82, 2.24) is 15.0 Å². The molecule has 3 rings (SSSR count). The van der Waals surface area contributed by atoms with Crippen molar-refractivity contribution in [3.8, 4) is 21.1 Å². The summed E-state index contributed by atoms with van der Waals surface area (Å²) in [6.07, 6.45) is 6.96. The van der Waals surface area contributed by atoms with E-state index in [0.717, 1.165) is 21.1 Å². The van der Waals surface area contributed by atoms with E-state index in [4.69, 9.17) is 0 Å². The Hall–Kier alpha value is -2.07. The van der Waals surface area contributed by atoms with E-state index in [1.165, 1.54) is 0 Å². The minimum Gasteiger partial charge on any atom is -0.261 e. The van der Waals surface area contributed by atoms with Crippen molar-refractivity contribution in [2.75, 3.05) is 0 Å². The molecule has 82 valence electrons. The van der Waals surface area contributed by atoms with Gasteiger partial charge < -0.3 is 0 Å². The molecule has 0 fully saturated rings. The van der Waals surface area contributed by atoms with Crippen molar-refractivity contribution >= 4 is 11.3 Å². The molecule has 3 aromatic rings. The van der Waals surface area contributed by atoms with Gasteiger partial charge in [0.25, 0.3) is 0 Å². The first-order valence-corrected chi connectivity index (χ1v) is 6.03. The average molecular weight is 239 g/mol. The summed E-state index contributed by atoms with van der Waals surface area (Å²) in [5, 5.41) is 1.01. The van der Waals surface area contributed by atoms with E-state index in [-0.39, 0.29) is 0 Å². The molecule has 0 aliphatic rings. The fourth-order valence-corrected chi connectivity index (χ4v) is 2.42. The molecule has 2 aromatic heterocycles. The third-order valence-electron chi connectivity index (χ3n) is 2.34. The molecule has 1 aromatic carbocycles. The summed E-state index contributed by atoms with van der Waals surface area (Å²) in [7, 11) is 0. The molecule has 0 aliphatic heterocycles. The first-order valence-electron chi connectivity index (χ1n) is 5.21. The standard InChI is InChI=1S/C13H9N3S/c1-2-4-10(5-3-1)13-16-9-12(17-13)11-8-14-6-7-15-11/h1-9H. The smallest absolute Gasteiger partial charge is 0.123 e. The largest absolute Gasteiger partial charge is 0.261 e. The SMILES string of the molecule is c1ccc(-c2ncc(-c3cnccn3)s2)cc1. The Balaban J connectivity index is 1.99. The molecule has 0 bridgehead atoms. The number of rotatable bonds is 2. The van der Waals surface area contributed by atoms with Crippen LogP contribution in [-0.4, -0.2) is 15.0 Å². The Kier molecular flexibility index (Phi) is 2.63. The van der Waals surface area contributed by atoms with Crippen LogP contribution < -0.4 is 0 Å². The van der Waals surface area contributed by atoms with Crippen molar-refractivity contribution < 1.29 is 0 Å². The fourth-order valence-electron chi connectivity index (χ4n) is 1.53. The minimum atomic E-state index is 0.868. The van der Waals surface area contributed by atoms with E-state index < -0.39 is 0 Å². The second kappa shape index (κ2) is 4.43. The highest BCUT2D eigenvalue weighted by Gasteiger charge is 2.06. The van der Waals surface area contributed by atoms with Crippen molar-refractivity contribution in [3.05, 3.63) is 55.1 Å². The number of aromatic nitrogens is 3. The summed E-state index contributed by atoms with van der Waals surface area (Å²) in [6.45, 7) is 0. The van der Waals surface area contributed by atoms with Crippen molar-refractivity contribution in [3.63, 3.8) is 0 Å². The summed E-state index contributed by atoms with van der Waals surface area (Å²) < 4.78 is 0. The molecular formula is C13H9N3S. The lowest BCUT2D eigenvalue weighted by molar-refractivity contribution is 1.21. The number of thiazole rings is 1. The molecule has 4 heteroatoms. The molecule has 0 saturated carbocycles. The van der Waals surface area contributed by atoms with Crippen LogP contribution in [-0.2, 0) is 0 Å². The number of hydrogen-bond donors (Lipinski definition) is 0. The molecule has 0 spiro atoms. The molecule has 0 N–H and O–H groups in total. The van der Waals surface area contributed by atoms with Crippen LogP contribution in [0.25, 0.3) is 21.1 Å². The van der Waals surface area contributed by atoms with Crippen LogP contribution >= 0.6 is 11.3 Å². The van der Waals surface area contributed by atoms with Crippen LogP contribution in [0, 0.1) is 0 Å². The van der Waals surface area contributed by atoms with Gasteiger partial charge in [0.2, 0.25) is 0 Å². The van der Waals surface area contributed by atoms with E-state index >= 15 is 0 Å². The van der Waals surface area contributed by atoms with Gasteiger partial charge in [0.15, 0.2) is 0 Å². The highest BCUT2D eigenvalue weighted by atomic mass is 32.1. The third kappa shape index (κ3) is 2.07. The normalized spacial score (nSPS) is 10.4. The predicted molar refractivity (Wildman–Crippen MR) is 68.6 cm³/mol. The Morgan fingerprint density at radius 2 is 1.76 bits per heavy atom. The highest BCUT2D eigenvalue weighted by molar-refractivity contribution is 7.18. The summed E-state index contributed by atoms with van der Waals surface area (Å²) >= 11 is 1.63. The summed E-state index contributed by atoms with van der Waals surface area (Å²) in [6, 6.07) is 10.1. The predicted octanol–water partition coefficient (Wildman–Crippen LogP) is 3.27. The van der Waals surface area contributed by atoms with Crippen LogP contribution in [0.1, 0.15) is 0 Å². The Bertz CT molecular complexity index is 551. The molecule has 2 heterocycles. The summed E-state index contributed by atoms with van der Waals surface area (Å²) in [5.41, 5.74) is 2.00. The van der Waals surface area contributed by atoms with Crippen LogP contribution in [0.15, 0.2) is 55.1 Å². The molecular weight excluding hydrogens is 230 g/mol. The lowest BCUT2D eigenvalue weighted by Gasteiger charge is -1.94. The first-order chi connectivity index (χ1) is 8.43. The summed E-state index contributed by atoms with van der Waals surface area (Å²) in [5.74, 6) is 0.